The van der Waals surface area contributed by atoms with Crippen molar-refractivity contribution in [3.63, 3.8) is 0 Å². The molecule has 4 aromatic rings. The summed E-state index contributed by atoms with van der Waals surface area (Å²) in [5, 5.41) is 12.3. The zero-order chi connectivity index (χ0) is 28.8. The van der Waals surface area contributed by atoms with E-state index in [4.69, 9.17) is 19.6 Å². The molecule has 2 N–H and O–H groups in total. The molecule has 0 saturated heterocycles. The van der Waals surface area contributed by atoms with Crippen LogP contribution in [0.3, 0.4) is 0 Å². The van der Waals surface area contributed by atoms with Crippen molar-refractivity contribution < 1.29 is 19.4 Å². The maximum absolute atomic E-state index is 14.2. The van der Waals surface area contributed by atoms with Crippen LogP contribution in [0.15, 0.2) is 114 Å². The van der Waals surface area contributed by atoms with Crippen LogP contribution < -0.4 is 10.1 Å². The number of nitrogens with one attached hydrogen (secondary N) is 1. The van der Waals surface area contributed by atoms with Crippen LogP contribution in [0.5, 0.6) is 5.75 Å². The van der Waals surface area contributed by atoms with E-state index in [1.54, 1.807) is 0 Å². The third-order valence-electron chi connectivity index (χ3n) is 7.92. The van der Waals surface area contributed by atoms with Gasteiger partial charge in [-0.1, -0.05) is 84.9 Å². The smallest absolute Gasteiger partial charge is 0.252 e. The average Bonchev–Trinajstić information content (AvgIpc) is 3.80. The van der Waals surface area contributed by atoms with Gasteiger partial charge >= 0.3 is 0 Å². The van der Waals surface area contributed by atoms with Crippen LogP contribution in [0.2, 0.25) is 0 Å². The molecule has 1 aliphatic carbocycles. The van der Waals surface area contributed by atoms with Crippen molar-refractivity contribution in [1.29, 1.82) is 0 Å². The first-order chi connectivity index (χ1) is 20.6. The second-order valence-corrected chi connectivity index (χ2v) is 11.1. The maximum Gasteiger partial charge on any atom is 0.252 e. The number of aliphatic hydroxyl groups excluding tert-OH is 1. The fourth-order valence-corrected chi connectivity index (χ4v) is 5.38. The Morgan fingerprint density at radius 3 is 2.17 bits per heavy atom. The third kappa shape index (κ3) is 6.24. The van der Waals surface area contributed by atoms with Crippen molar-refractivity contribution in [2.24, 2.45) is 10.9 Å². The Balaban J connectivity index is 1.37. The molecule has 1 heterocycles. The van der Waals surface area contributed by atoms with E-state index in [1.807, 2.05) is 72.8 Å². The molecule has 0 aromatic heterocycles. The Morgan fingerprint density at radius 1 is 0.857 bits per heavy atom. The minimum Gasteiger partial charge on any atom is -0.494 e. The fraction of sp³-hybridized carbons (Fsp3) is 0.278. The summed E-state index contributed by atoms with van der Waals surface area (Å²) in [5.41, 5.74) is 3.74. The van der Waals surface area contributed by atoms with Crippen LogP contribution in [0.4, 0.5) is 0 Å². The molecule has 6 rings (SSSR count). The largest absolute Gasteiger partial charge is 0.494 e. The first kappa shape index (κ1) is 27.7. The van der Waals surface area contributed by atoms with E-state index in [2.05, 4.69) is 41.7 Å². The normalized spacial score (nSPS) is 19.5. The highest BCUT2D eigenvalue weighted by Gasteiger charge is 2.53. The molecule has 214 valence electrons. The van der Waals surface area contributed by atoms with Gasteiger partial charge in [0.1, 0.15) is 5.75 Å². The maximum atomic E-state index is 14.2. The topological polar surface area (TPSA) is 80.2 Å². The lowest BCUT2D eigenvalue weighted by molar-refractivity contribution is -0.129. The van der Waals surface area contributed by atoms with Crippen LogP contribution in [-0.2, 0) is 16.0 Å². The summed E-state index contributed by atoms with van der Waals surface area (Å²) in [5.74, 6) is 1.56. The number of rotatable bonds is 12. The minimum absolute atomic E-state index is 0.0861. The van der Waals surface area contributed by atoms with Gasteiger partial charge in [-0.05, 0) is 65.3 Å². The molecule has 0 spiro atoms. The van der Waals surface area contributed by atoms with E-state index in [0.717, 1.165) is 40.7 Å². The van der Waals surface area contributed by atoms with Crippen LogP contribution in [-0.4, -0.2) is 42.2 Å². The highest BCUT2D eigenvalue weighted by Crippen LogP contribution is 2.43. The Labute approximate surface area is 247 Å². The molecule has 2 atom stereocenters. The van der Waals surface area contributed by atoms with E-state index < -0.39 is 11.6 Å². The Kier molecular flexibility index (Phi) is 8.33. The highest BCUT2D eigenvalue weighted by molar-refractivity contribution is 6.01. The van der Waals surface area contributed by atoms with Gasteiger partial charge in [0.15, 0.2) is 11.6 Å². The molecule has 0 radical (unpaired) electrons. The lowest BCUT2D eigenvalue weighted by atomic mass is 9.81. The SMILES string of the molecule is O=C(NCC1CC1)[C@]1(Cc2ccccc2)N=C(c2ccc(OCCCO)cc2)O[C@@H]1c1ccc(-c2ccccc2)cc1. The number of nitrogens with zero attached hydrogens (tertiary/aromatic N) is 1. The van der Waals surface area contributed by atoms with Gasteiger partial charge in [0, 0.05) is 31.6 Å². The van der Waals surface area contributed by atoms with Gasteiger partial charge in [-0.15, -0.1) is 0 Å². The monoisotopic (exact) mass is 560 g/mol. The first-order valence-electron chi connectivity index (χ1n) is 14.7. The molecule has 6 heteroatoms. The molecule has 2 aliphatic rings. The average molecular weight is 561 g/mol. The zero-order valence-corrected chi connectivity index (χ0v) is 23.6. The highest BCUT2D eigenvalue weighted by atomic mass is 16.5. The number of hydrogen-bond acceptors (Lipinski definition) is 5. The Hall–Kier alpha value is -4.42. The molecule has 1 saturated carbocycles. The van der Waals surface area contributed by atoms with Crippen molar-refractivity contribution >= 4 is 11.8 Å². The number of benzene rings is 4. The van der Waals surface area contributed by atoms with E-state index in [-0.39, 0.29) is 12.5 Å². The lowest BCUT2D eigenvalue weighted by Crippen LogP contribution is -2.50. The molecule has 42 heavy (non-hydrogen) atoms. The summed E-state index contributed by atoms with van der Waals surface area (Å²) < 4.78 is 12.4. The van der Waals surface area contributed by atoms with E-state index in [0.29, 0.717) is 43.6 Å². The summed E-state index contributed by atoms with van der Waals surface area (Å²) in [7, 11) is 0. The second kappa shape index (κ2) is 12.6. The number of carbonyl (C=O) groups excluding carboxylic acids is 1. The van der Waals surface area contributed by atoms with Gasteiger partial charge in [0.05, 0.1) is 6.61 Å². The van der Waals surface area contributed by atoms with Crippen LogP contribution in [0.1, 0.15) is 42.1 Å². The van der Waals surface area contributed by atoms with Crippen molar-refractivity contribution in [1.82, 2.24) is 5.32 Å². The van der Waals surface area contributed by atoms with Gasteiger partial charge in [0.25, 0.3) is 5.91 Å². The molecule has 1 fully saturated rings. The quantitative estimate of drug-likeness (QED) is 0.204. The van der Waals surface area contributed by atoms with Gasteiger partial charge < -0.3 is 19.9 Å². The Morgan fingerprint density at radius 2 is 1.50 bits per heavy atom. The fourth-order valence-electron chi connectivity index (χ4n) is 5.38. The van der Waals surface area contributed by atoms with Crippen LogP contribution in [0, 0.1) is 5.92 Å². The summed E-state index contributed by atoms with van der Waals surface area (Å²) in [6, 6.07) is 36.1. The summed E-state index contributed by atoms with van der Waals surface area (Å²) in [6.45, 7) is 1.18. The summed E-state index contributed by atoms with van der Waals surface area (Å²) in [4.78, 5) is 19.4. The molecule has 1 amide bonds. The standard InChI is InChI=1S/C36H36N2O4/c39-22-7-23-41-32-20-18-31(19-21-32)34-38-36(24-26-8-3-1-4-9-26,35(40)37-25-27-12-13-27)33(42-34)30-16-14-29(15-17-30)28-10-5-2-6-11-28/h1-6,8-11,14-21,27,33,39H,7,12-13,22-25H2,(H,37,40)/t33-,36-/m1/s1. The van der Waals surface area contributed by atoms with Crippen LogP contribution >= 0.6 is 0 Å². The Bertz CT molecular complexity index is 1500. The molecule has 1 aliphatic heterocycles. The number of carbonyl (C=O) groups is 1. The number of aliphatic imine (C=N–C) groups is 1. The van der Waals surface area contributed by atoms with Crippen molar-refractivity contribution in [3.8, 4) is 16.9 Å². The second-order valence-electron chi connectivity index (χ2n) is 11.1. The summed E-state index contributed by atoms with van der Waals surface area (Å²) in [6.07, 6.45) is 2.65. The zero-order valence-electron chi connectivity index (χ0n) is 23.6. The van der Waals surface area contributed by atoms with E-state index in [1.165, 1.54) is 0 Å². The van der Waals surface area contributed by atoms with Gasteiger partial charge in [-0.25, -0.2) is 4.99 Å². The van der Waals surface area contributed by atoms with Gasteiger partial charge in [-0.2, -0.15) is 0 Å². The number of aliphatic hydroxyl groups is 1. The molecule has 0 unspecified atom stereocenters. The van der Waals surface area contributed by atoms with Crippen molar-refractivity contribution in [2.75, 3.05) is 19.8 Å². The predicted octanol–water partition coefficient (Wildman–Crippen LogP) is 6.14. The van der Waals surface area contributed by atoms with Crippen molar-refractivity contribution in [3.05, 3.63) is 126 Å². The third-order valence-corrected chi connectivity index (χ3v) is 7.92. The predicted molar refractivity (Wildman–Crippen MR) is 164 cm³/mol. The molecule has 0 bridgehead atoms. The lowest BCUT2D eigenvalue weighted by Gasteiger charge is -2.31. The minimum atomic E-state index is -1.18. The molecular formula is C36H36N2O4. The van der Waals surface area contributed by atoms with Crippen LogP contribution in [0.25, 0.3) is 11.1 Å². The first-order valence-corrected chi connectivity index (χ1v) is 14.7. The van der Waals surface area contributed by atoms with E-state index >= 15 is 0 Å². The number of amides is 1. The van der Waals surface area contributed by atoms with Gasteiger partial charge in [0.2, 0.25) is 5.90 Å². The molecular weight excluding hydrogens is 524 g/mol. The number of ether oxygens (including phenoxy) is 2. The van der Waals surface area contributed by atoms with E-state index in [9.17, 15) is 4.79 Å². The molecule has 4 aromatic carbocycles. The summed E-state index contributed by atoms with van der Waals surface area (Å²) >= 11 is 0. The van der Waals surface area contributed by atoms with Crippen molar-refractivity contribution in [2.45, 2.75) is 37.3 Å². The molecule has 6 nitrogen and oxygen atoms in total. The van der Waals surface area contributed by atoms with Gasteiger partial charge in [-0.3, -0.25) is 4.79 Å². The number of hydrogen-bond donors (Lipinski definition) is 2.